The SMILES string of the molecule is O=[N+]([O-])c1cc(NC2CCSc3ccccc32)ccc1F. The van der Waals surface area contributed by atoms with Crippen molar-refractivity contribution in [3.63, 3.8) is 0 Å². The van der Waals surface area contributed by atoms with Crippen molar-refractivity contribution in [1.82, 2.24) is 0 Å². The maximum absolute atomic E-state index is 13.4. The molecule has 0 aliphatic carbocycles. The molecule has 1 unspecified atom stereocenters. The van der Waals surface area contributed by atoms with Gasteiger partial charge in [0, 0.05) is 22.4 Å². The van der Waals surface area contributed by atoms with E-state index in [1.54, 1.807) is 11.8 Å². The minimum absolute atomic E-state index is 0.0903. The zero-order chi connectivity index (χ0) is 14.8. The molecule has 0 saturated carbocycles. The van der Waals surface area contributed by atoms with Crippen molar-refractivity contribution in [3.05, 3.63) is 64.0 Å². The first-order chi connectivity index (χ1) is 10.1. The Balaban J connectivity index is 1.88. The second kappa shape index (κ2) is 5.73. The molecule has 0 aromatic heterocycles. The second-order valence-corrected chi connectivity index (χ2v) is 5.93. The summed E-state index contributed by atoms with van der Waals surface area (Å²) >= 11 is 1.81. The number of hydrogen-bond donors (Lipinski definition) is 1. The fourth-order valence-electron chi connectivity index (χ4n) is 2.44. The minimum Gasteiger partial charge on any atom is -0.378 e. The number of hydrogen-bond acceptors (Lipinski definition) is 4. The van der Waals surface area contributed by atoms with Gasteiger partial charge in [-0.05, 0) is 30.2 Å². The first kappa shape index (κ1) is 13.9. The molecule has 1 N–H and O–H groups in total. The van der Waals surface area contributed by atoms with E-state index < -0.39 is 16.4 Å². The number of nitro benzene ring substituents is 1. The van der Waals surface area contributed by atoms with Gasteiger partial charge in [-0.15, -0.1) is 11.8 Å². The number of nitrogens with one attached hydrogen (secondary N) is 1. The van der Waals surface area contributed by atoms with Crippen LogP contribution in [0.15, 0.2) is 47.4 Å². The summed E-state index contributed by atoms with van der Waals surface area (Å²) in [5.41, 5.74) is 1.24. The van der Waals surface area contributed by atoms with Crippen LogP contribution in [0, 0.1) is 15.9 Å². The Morgan fingerprint density at radius 1 is 1.29 bits per heavy atom. The average molecular weight is 304 g/mol. The molecule has 1 aliphatic heterocycles. The first-order valence-electron chi connectivity index (χ1n) is 6.57. The Labute approximate surface area is 125 Å². The van der Waals surface area contributed by atoms with Gasteiger partial charge in [0.2, 0.25) is 5.82 Å². The maximum Gasteiger partial charge on any atom is 0.306 e. The van der Waals surface area contributed by atoms with E-state index in [0.717, 1.165) is 18.2 Å². The molecule has 0 fully saturated rings. The molecular formula is C15H13FN2O2S. The van der Waals surface area contributed by atoms with E-state index in [1.807, 2.05) is 12.1 Å². The van der Waals surface area contributed by atoms with Gasteiger partial charge < -0.3 is 5.32 Å². The van der Waals surface area contributed by atoms with Crippen molar-refractivity contribution in [2.45, 2.75) is 17.4 Å². The number of fused-ring (bicyclic) bond motifs is 1. The molecule has 4 nitrogen and oxygen atoms in total. The molecule has 0 amide bonds. The molecular weight excluding hydrogens is 291 g/mol. The molecule has 21 heavy (non-hydrogen) atoms. The number of anilines is 1. The molecule has 2 aromatic carbocycles. The molecule has 0 radical (unpaired) electrons. The molecule has 0 saturated heterocycles. The monoisotopic (exact) mass is 304 g/mol. The van der Waals surface area contributed by atoms with Crippen molar-refractivity contribution in [1.29, 1.82) is 0 Å². The average Bonchev–Trinajstić information content (AvgIpc) is 2.49. The normalized spacial score (nSPS) is 17.1. The molecule has 3 rings (SSSR count). The van der Waals surface area contributed by atoms with Crippen molar-refractivity contribution >= 4 is 23.1 Å². The van der Waals surface area contributed by atoms with Crippen LogP contribution in [0.1, 0.15) is 18.0 Å². The van der Waals surface area contributed by atoms with Gasteiger partial charge >= 0.3 is 5.69 Å². The Bertz CT molecular complexity index is 693. The maximum atomic E-state index is 13.4. The third kappa shape index (κ3) is 2.85. The van der Waals surface area contributed by atoms with E-state index in [-0.39, 0.29) is 6.04 Å². The number of halogens is 1. The number of benzene rings is 2. The summed E-state index contributed by atoms with van der Waals surface area (Å²) in [4.78, 5) is 11.3. The van der Waals surface area contributed by atoms with Gasteiger partial charge in [0.05, 0.1) is 11.0 Å². The van der Waals surface area contributed by atoms with Gasteiger partial charge in [0.1, 0.15) is 0 Å². The highest BCUT2D eigenvalue weighted by atomic mass is 32.2. The van der Waals surface area contributed by atoms with Crippen molar-refractivity contribution in [3.8, 4) is 0 Å². The van der Waals surface area contributed by atoms with E-state index >= 15 is 0 Å². The predicted octanol–water partition coefficient (Wildman–Crippen LogP) is 4.38. The highest BCUT2D eigenvalue weighted by Gasteiger charge is 2.21. The fraction of sp³-hybridized carbons (Fsp3) is 0.200. The van der Waals surface area contributed by atoms with Crippen LogP contribution >= 0.6 is 11.8 Å². The summed E-state index contributed by atoms with van der Waals surface area (Å²) in [7, 11) is 0. The molecule has 0 spiro atoms. The van der Waals surface area contributed by atoms with E-state index in [4.69, 9.17) is 0 Å². The number of nitrogens with zero attached hydrogens (tertiary/aromatic N) is 1. The van der Waals surface area contributed by atoms with Crippen molar-refractivity contribution in [2.75, 3.05) is 11.1 Å². The van der Waals surface area contributed by atoms with Crippen molar-refractivity contribution < 1.29 is 9.31 Å². The zero-order valence-corrected chi connectivity index (χ0v) is 11.9. The summed E-state index contributed by atoms with van der Waals surface area (Å²) < 4.78 is 13.4. The van der Waals surface area contributed by atoms with Gasteiger partial charge in [0.15, 0.2) is 0 Å². The standard InChI is InChI=1S/C15H13FN2O2S/c16-12-6-5-10(9-14(12)18(19)20)17-13-7-8-21-15-4-2-1-3-11(13)15/h1-6,9,13,17H,7-8H2. The Morgan fingerprint density at radius 2 is 2.10 bits per heavy atom. The zero-order valence-electron chi connectivity index (χ0n) is 11.1. The quantitative estimate of drug-likeness (QED) is 0.675. The Hall–Kier alpha value is -2.08. The van der Waals surface area contributed by atoms with Gasteiger partial charge in [-0.25, -0.2) is 0 Å². The molecule has 1 atom stereocenters. The summed E-state index contributed by atoms with van der Waals surface area (Å²) in [6, 6.07) is 12.1. The fourth-order valence-corrected chi connectivity index (χ4v) is 3.56. The molecule has 6 heteroatoms. The van der Waals surface area contributed by atoms with Crippen LogP contribution in [0.2, 0.25) is 0 Å². The van der Waals surface area contributed by atoms with E-state index in [2.05, 4.69) is 17.4 Å². The first-order valence-corrected chi connectivity index (χ1v) is 7.56. The van der Waals surface area contributed by atoms with Gasteiger partial charge in [0.25, 0.3) is 0 Å². The molecule has 0 bridgehead atoms. The van der Waals surface area contributed by atoms with Crippen molar-refractivity contribution in [2.24, 2.45) is 0 Å². The van der Waals surface area contributed by atoms with Gasteiger partial charge in [-0.2, -0.15) is 4.39 Å². The Morgan fingerprint density at radius 3 is 2.90 bits per heavy atom. The van der Waals surface area contributed by atoms with E-state index in [0.29, 0.717) is 5.69 Å². The minimum atomic E-state index is -0.815. The van der Waals surface area contributed by atoms with Crippen LogP contribution < -0.4 is 5.32 Å². The molecule has 1 heterocycles. The highest BCUT2D eigenvalue weighted by Crippen LogP contribution is 2.38. The topological polar surface area (TPSA) is 55.2 Å². The second-order valence-electron chi connectivity index (χ2n) is 4.80. The molecule has 2 aromatic rings. The Kier molecular flexibility index (Phi) is 3.79. The summed E-state index contributed by atoms with van der Waals surface area (Å²) in [5.74, 6) is 0.169. The van der Waals surface area contributed by atoms with Gasteiger partial charge in [-0.1, -0.05) is 18.2 Å². The number of thioether (sulfide) groups is 1. The molecule has 108 valence electrons. The van der Waals surface area contributed by atoms with Crippen LogP contribution in [0.3, 0.4) is 0 Å². The molecule has 1 aliphatic rings. The van der Waals surface area contributed by atoms with Crippen LogP contribution in [0.4, 0.5) is 15.8 Å². The smallest absolute Gasteiger partial charge is 0.306 e. The summed E-state index contributed by atoms with van der Waals surface area (Å²) in [6.07, 6.45) is 0.923. The number of nitro groups is 1. The largest absolute Gasteiger partial charge is 0.378 e. The van der Waals surface area contributed by atoms with Crippen LogP contribution in [-0.2, 0) is 0 Å². The third-order valence-electron chi connectivity index (χ3n) is 3.44. The van der Waals surface area contributed by atoms with E-state index in [9.17, 15) is 14.5 Å². The summed E-state index contributed by atoms with van der Waals surface area (Å²) in [6.45, 7) is 0. The lowest BCUT2D eigenvalue weighted by atomic mass is 10.0. The van der Waals surface area contributed by atoms with Crippen LogP contribution in [-0.4, -0.2) is 10.7 Å². The van der Waals surface area contributed by atoms with Crippen LogP contribution in [0.5, 0.6) is 0 Å². The lowest BCUT2D eigenvalue weighted by molar-refractivity contribution is -0.387. The lowest BCUT2D eigenvalue weighted by Gasteiger charge is -2.26. The lowest BCUT2D eigenvalue weighted by Crippen LogP contribution is -2.16. The number of rotatable bonds is 3. The summed E-state index contributed by atoms with van der Waals surface area (Å²) in [5, 5.41) is 14.1. The predicted molar refractivity (Wildman–Crippen MR) is 81.2 cm³/mol. The van der Waals surface area contributed by atoms with Gasteiger partial charge in [-0.3, -0.25) is 10.1 Å². The highest BCUT2D eigenvalue weighted by molar-refractivity contribution is 7.99. The van der Waals surface area contributed by atoms with Crippen LogP contribution in [0.25, 0.3) is 0 Å². The van der Waals surface area contributed by atoms with E-state index in [1.165, 1.54) is 22.6 Å². The third-order valence-corrected chi connectivity index (χ3v) is 4.56.